The van der Waals surface area contributed by atoms with Crippen molar-refractivity contribution in [3.05, 3.63) is 24.0 Å². The molecule has 1 heterocycles. The molecule has 0 saturated carbocycles. The van der Waals surface area contributed by atoms with Crippen molar-refractivity contribution in [1.82, 2.24) is 15.1 Å². The highest BCUT2D eigenvalue weighted by molar-refractivity contribution is 5.91. The number of hydrogen-bond donors (Lipinski definition) is 2. The van der Waals surface area contributed by atoms with Crippen molar-refractivity contribution in [3.8, 4) is 0 Å². The Bertz CT molecular complexity index is 422. The van der Waals surface area contributed by atoms with Crippen molar-refractivity contribution in [2.45, 2.75) is 32.8 Å². The number of carbonyl (C=O) groups is 1. The lowest BCUT2D eigenvalue weighted by Gasteiger charge is -2.19. The van der Waals surface area contributed by atoms with Gasteiger partial charge in [0.2, 0.25) is 5.91 Å². The molecule has 1 atom stereocenters. The fourth-order valence-corrected chi connectivity index (χ4v) is 1.97. The first-order chi connectivity index (χ1) is 9.08. The van der Waals surface area contributed by atoms with Crippen LogP contribution in [-0.2, 0) is 11.8 Å². The van der Waals surface area contributed by atoms with Crippen LogP contribution >= 0.6 is 0 Å². The van der Waals surface area contributed by atoms with Gasteiger partial charge in [0.1, 0.15) is 0 Å². The van der Waals surface area contributed by atoms with E-state index in [2.05, 4.69) is 10.4 Å². The highest BCUT2D eigenvalue weighted by atomic mass is 16.3. The van der Waals surface area contributed by atoms with E-state index >= 15 is 0 Å². The fourth-order valence-electron chi connectivity index (χ4n) is 1.97. The Balaban J connectivity index is 2.40. The lowest BCUT2D eigenvalue weighted by Crippen LogP contribution is -2.35. The quantitative estimate of drug-likeness (QED) is 0.731. The van der Waals surface area contributed by atoms with E-state index in [-0.39, 0.29) is 11.8 Å². The van der Waals surface area contributed by atoms with Gasteiger partial charge in [-0.1, -0.05) is 26.7 Å². The number of hydrogen-bond acceptors (Lipinski definition) is 3. The van der Waals surface area contributed by atoms with Gasteiger partial charge in [-0.3, -0.25) is 9.48 Å². The Labute approximate surface area is 114 Å². The Kier molecular flexibility index (Phi) is 6.29. The maximum atomic E-state index is 11.6. The molecule has 0 saturated heterocycles. The lowest BCUT2D eigenvalue weighted by atomic mass is 9.96. The summed E-state index contributed by atoms with van der Waals surface area (Å²) in [6.45, 7) is 4.38. The van der Waals surface area contributed by atoms with Crippen LogP contribution in [0.25, 0.3) is 6.08 Å². The SMILES string of the molecule is CCC(CC)C(O)CNC(=O)/C=C/c1ccnn1C. The second-order valence-corrected chi connectivity index (χ2v) is 4.60. The average molecular weight is 265 g/mol. The molecule has 0 radical (unpaired) electrons. The number of aromatic nitrogens is 2. The van der Waals surface area contributed by atoms with E-state index in [9.17, 15) is 9.90 Å². The first-order valence-corrected chi connectivity index (χ1v) is 6.70. The fraction of sp³-hybridized carbons (Fsp3) is 0.571. The summed E-state index contributed by atoms with van der Waals surface area (Å²) in [5.41, 5.74) is 0.857. The van der Waals surface area contributed by atoms with Gasteiger partial charge in [0.25, 0.3) is 0 Å². The summed E-state index contributed by atoms with van der Waals surface area (Å²) in [5.74, 6) is 0.0348. The number of aliphatic hydroxyl groups is 1. The zero-order chi connectivity index (χ0) is 14.3. The topological polar surface area (TPSA) is 67.2 Å². The molecule has 0 aliphatic rings. The number of carbonyl (C=O) groups excluding carboxylic acids is 1. The van der Waals surface area contributed by atoms with Crippen LogP contribution in [0.1, 0.15) is 32.4 Å². The number of nitrogens with zero attached hydrogens (tertiary/aromatic N) is 2. The molecule has 0 aliphatic carbocycles. The van der Waals surface area contributed by atoms with Crippen LogP contribution in [0.2, 0.25) is 0 Å². The Hall–Kier alpha value is -1.62. The molecule has 0 aliphatic heterocycles. The van der Waals surface area contributed by atoms with Crippen molar-refractivity contribution in [3.63, 3.8) is 0 Å². The molecule has 1 aromatic heterocycles. The minimum atomic E-state index is -0.482. The van der Waals surface area contributed by atoms with Gasteiger partial charge in [-0.25, -0.2) is 0 Å². The van der Waals surface area contributed by atoms with Crippen molar-refractivity contribution >= 4 is 12.0 Å². The lowest BCUT2D eigenvalue weighted by molar-refractivity contribution is -0.117. The molecule has 1 unspecified atom stereocenters. The minimum absolute atomic E-state index is 0.203. The van der Waals surface area contributed by atoms with Crippen molar-refractivity contribution < 1.29 is 9.90 Å². The van der Waals surface area contributed by atoms with E-state index in [0.717, 1.165) is 18.5 Å². The molecular formula is C14H23N3O2. The number of rotatable bonds is 7. The Morgan fingerprint density at radius 2 is 2.21 bits per heavy atom. The summed E-state index contributed by atoms with van der Waals surface area (Å²) in [6, 6.07) is 1.82. The van der Waals surface area contributed by atoms with Crippen molar-refractivity contribution in [1.29, 1.82) is 0 Å². The third kappa shape index (κ3) is 4.87. The second kappa shape index (κ2) is 7.74. The number of aliphatic hydroxyl groups excluding tert-OH is 1. The van der Waals surface area contributed by atoms with E-state index < -0.39 is 6.10 Å². The number of aryl methyl sites for hydroxylation is 1. The van der Waals surface area contributed by atoms with Crippen LogP contribution in [0.5, 0.6) is 0 Å². The van der Waals surface area contributed by atoms with E-state index in [0.29, 0.717) is 6.54 Å². The Morgan fingerprint density at radius 1 is 1.53 bits per heavy atom. The summed E-state index contributed by atoms with van der Waals surface area (Å²) in [4.78, 5) is 11.6. The Morgan fingerprint density at radius 3 is 2.74 bits per heavy atom. The van der Waals surface area contributed by atoms with Gasteiger partial charge in [0, 0.05) is 25.9 Å². The van der Waals surface area contributed by atoms with Crippen LogP contribution in [0.3, 0.4) is 0 Å². The molecule has 1 amide bonds. The van der Waals surface area contributed by atoms with Crippen LogP contribution in [0, 0.1) is 5.92 Å². The molecular weight excluding hydrogens is 242 g/mol. The van der Waals surface area contributed by atoms with Gasteiger partial charge in [0.05, 0.1) is 11.8 Å². The van der Waals surface area contributed by atoms with Crippen LogP contribution < -0.4 is 5.32 Å². The van der Waals surface area contributed by atoms with E-state index in [4.69, 9.17) is 0 Å². The first kappa shape index (κ1) is 15.4. The zero-order valence-electron chi connectivity index (χ0n) is 11.8. The second-order valence-electron chi connectivity index (χ2n) is 4.60. The maximum absolute atomic E-state index is 11.6. The molecule has 0 spiro atoms. The summed E-state index contributed by atoms with van der Waals surface area (Å²) in [5, 5.41) is 16.6. The van der Waals surface area contributed by atoms with Gasteiger partial charge in [-0.2, -0.15) is 5.10 Å². The monoisotopic (exact) mass is 265 g/mol. The largest absolute Gasteiger partial charge is 0.391 e. The van der Waals surface area contributed by atoms with Crippen LogP contribution in [0.15, 0.2) is 18.3 Å². The van der Waals surface area contributed by atoms with Gasteiger partial charge in [-0.15, -0.1) is 0 Å². The molecule has 19 heavy (non-hydrogen) atoms. The molecule has 1 rings (SSSR count). The molecule has 106 valence electrons. The van der Waals surface area contributed by atoms with Gasteiger partial charge < -0.3 is 10.4 Å². The zero-order valence-corrected chi connectivity index (χ0v) is 11.8. The van der Waals surface area contributed by atoms with Crippen LogP contribution in [0.4, 0.5) is 0 Å². The normalized spacial score (nSPS) is 13.1. The van der Waals surface area contributed by atoms with Crippen LogP contribution in [-0.4, -0.2) is 33.4 Å². The summed E-state index contributed by atoms with van der Waals surface area (Å²) in [6.07, 6.45) is 6.18. The molecule has 5 nitrogen and oxygen atoms in total. The third-order valence-electron chi connectivity index (χ3n) is 3.34. The summed E-state index contributed by atoms with van der Waals surface area (Å²) < 4.78 is 1.68. The molecule has 5 heteroatoms. The highest BCUT2D eigenvalue weighted by Crippen LogP contribution is 2.12. The van der Waals surface area contributed by atoms with Gasteiger partial charge >= 0.3 is 0 Å². The number of amides is 1. The standard InChI is InChI=1S/C14H23N3O2/c1-4-11(5-2)13(18)10-15-14(19)7-6-12-8-9-16-17(12)3/h6-9,11,13,18H,4-5,10H2,1-3H3,(H,15,19)/b7-6+. The molecule has 0 aromatic carbocycles. The van der Waals surface area contributed by atoms with Gasteiger partial charge in [-0.05, 0) is 18.1 Å². The maximum Gasteiger partial charge on any atom is 0.244 e. The summed E-state index contributed by atoms with van der Waals surface area (Å²) in [7, 11) is 1.81. The molecule has 2 N–H and O–H groups in total. The van der Waals surface area contributed by atoms with Crippen molar-refractivity contribution in [2.75, 3.05) is 6.54 Å². The molecule has 0 bridgehead atoms. The van der Waals surface area contributed by atoms with Crippen molar-refractivity contribution in [2.24, 2.45) is 13.0 Å². The summed E-state index contributed by atoms with van der Waals surface area (Å²) >= 11 is 0. The van der Waals surface area contributed by atoms with Gasteiger partial charge in [0.15, 0.2) is 0 Å². The van der Waals surface area contributed by atoms with E-state index in [1.165, 1.54) is 6.08 Å². The predicted molar refractivity (Wildman–Crippen MR) is 75.3 cm³/mol. The minimum Gasteiger partial charge on any atom is -0.391 e. The molecule has 0 fully saturated rings. The highest BCUT2D eigenvalue weighted by Gasteiger charge is 2.15. The van der Waals surface area contributed by atoms with E-state index in [1.54, 1.807) is 17.0 Å². The molecule has 1 aromatic rings. The number of nitrogens with one attached hydrogen (secondary N) is 1. The first-order valence-electron chi connectivity index (χ1n) is 6.70. The van der Waals surface area contributed by atoms with E-state index in [1.807, 2.05) is 27.0 Å². The third-order valence-corrected chi connectivity index (χ3v) is 3.34. The smallest absolute Gasteiger partial charge is 0.244 e. The predicted octanol–water partition coefficient (Wildman–Crippen LogP) is 1.35. The average Bonchev–Trinajstić information content (AvgIpc) is 2.81.